The smallest absolute Gasteiger partial charge is 0.0780 e. The minimum absolute atomic E-state index is 0.00281. The fourth-order valence-electron chi connectivity index (χ4n) is 1.94. The van der Waals surface area contributed by atoms with Crippen molar-refractivity contribution in [2.75, 3.05) is 0 Å². The van der Waals surface area contributed by atoms with Crippen molar-refractivity contribution >= 4 is 27.5 Å². The molecule has 0 radical (unpaired) electrons. The highest BCUT2D eigenvalue weighted by Gasteiger charge is 2.26. The van der Waals surface area contributed by atoms with Crippen molar-refractivity contribution in [1.29, 1.82) is 0 Å². The number of halogens is 2. The second-order valence-corrected chi connectivity index (χ2v) is 6.14. The van der Waals surface area contributed by atoms with Crippen LogP contribution < -0.4 is 0 Å². The fourth-order valence-corrected chi connectivity index (χ4v) is 2.55. The van der Waals surface area contributed by atoms with Gasteiger partial charge in [0.05, 0.1) is 17.6 Å². The van der Waals surface area contributed by atoms with Gasteiger partial charge in [0.2, 0.25) is 0 Å². The van der Waals surface area contributed by atoms with Gasteiger partial charge in [-0.25, -0.2) is 0 Å². The molecular weight excluding hydrogens is 312 g/mol. The van der Waals surface area contributed by atoms with Gasteiger partial charge < -0.3 is 4.74 Å². The number of ether oxygens (including phenoxy) is 1. The number of hydrogen-bond donors (Lipinski definition) is 0. The van der Waals surface area contributed by atoms with Crippen molar-refractivity contribution in [3.63, 3.8) is 0 Å². The zero-order valence-corrected chi connectivity index (χ0v) is 13.0. The third-order valence-corrected chi connectivity index (χ3v) is 4.72. The fraction of sp³-hybridized carbons (Fsp3) is 0.600. The molecule has 100 valence electrons. The van der Waals surface area contributed by atoms with E-state index in [0.717, 1.165) is 25.7 Å². The normalized spacial score (nSPS) is 32.4. The Labute approximate surface area is 124 Å². The van der Waals surface area contributed by atoms with E-state index in [0.29, 0.717) is 4.83 Å². The Morgan fingerprint density at radius 1 is 1.56 bits per heavy atom. The average molecular weight is 332 g/mol. The van der Waals surface area contributed by atoms with Gasteiger partial charge in [-0.1, -0.05) is 47.0 Å². The number of hydrogen-bond acceptors (Lipinski definition) is 1. The molecule has 0 aliphatic carbocycles. The minimum atomic E-state index is 0.00281. The Balaban J connectivity index is 2.69. The standard InChI is InChI=1S/C15H20BrClO/c1-3-5-6-11-15-13(17)9-7-8-10-14(18-15)12(16)4-2/h1,5-8,12-15H,4,9-11H2,2H3/b6-5-,8-7-/t12-,13-,14+,15+/m1/s1. The van der Waals surface area contributed by atoms with Crippen LogP contribution in [0, 0.1) is 12.3 Å². The van der Waals surface area contributed by atoms with Crippen molar-refractivity contribution in [2.24, 2.45) is 0 Å². The molecule has 0 saturated heterocycles. The van der Waals surface area contributed by atoms with Gasteiger partial charge in [-0.05, 0) is 31.8 Å². The molecule has 1 heterocycles. The van der Waals surface area contributed by atoms with Crippen molar-refractivity contribution in [1.82, 2.24) is 0 Å². The molecule has 0 spiro atoms. The second-order valence-electron chi connectivity index (χ2n) is 4.40. The summed E-state index contributed by atoms with van der Waals surface area (Å²) < 4.78 is 6.15. The van der Waals surface area contributed by atoms with E-state index in [2.05, 4.69) is 40.9 Å². The quantitative estimate of drug-likeness (QED) is 0.420. The third-order valence-electron chi connectivity index (χ3n) is 3.03. The Kier molecular flexibility index (Phi) is 7.74. The van der Waals surface area contributed by atoms with Gasteiger partial charge in [0.1, 0.15) is 0 Å². The summed E-state index contributed by atoms with van der Waals surface area (Å²) in [6, 6.07) is 0. The van der Waals surface area contributed by atoms with Crippen LogP contribution in [-0.2, 0) is 4.74 Å². The van der Waals surface area contributed by atoms with Crippen LogP contribution in [0.3, 0.4) is 0 Å². The summed E-state index contributed by atoms with van der Waals surface area (Å²) >= 11 is 10.1. The molecule has 18 heavy (non-hydrogen) atoms. The van der Waals surface area contributed by atoms with Crippen molar-refractivity contribution < 1.29 is 4.74 Å². The Morgan fingerprint density at radius 3 is 2.94 bits per heavy atom. The first-order valence-electron chi connectivity index (χ1n) is 6.38. The van der Waals surface area contributed by atoms with Crippen LogP contribution in [0.25, 0.3) is 0 Å². The van der Waals surface area contributed by atoms with E-state index >= 15 is 0 Å². The summed E-state index contributed by atoms with van der Waals surface area (Å²) in [6.07, 6.45) is 17.0. The zero-order valence-electron chi connectivity index (χ0n) is 10.7. The van der Waals surface area contributed by atoms with Gasteiger partial charge in [-0.3, -0.25) is 0 Å². The van der Waals surface area contributed by atoms with Gasteiger partial charge in [0.25, 0.3) is 0 Å². The highest BCUT2D eigenvalue weighted by Crippen LogP contribution is 2.26. The molecule has 0 aromatic rings. The van der Waals surface area contributed by atoms with Gasteiger partial charge in [-0.2, -0.15) is 0 Å². The highest BCUT2D eigenvalue weighted by atomic mass is 79.9. The summed E-state index contributed by atoms with van der Waals surface area (Å²) in [5.74, 6) is 2.49. The summed E-state index contributed by atoms with van der Waals surface area (Å²) in [4.78, 5) is 0.364. The Morgan fingerprint density at radius 2 is 2.28 bits per heavy atom. The van der Waals surface area contributed by atoms with Crippen LogP contribution in [0.4, 0.5) is 0 Å². The molecule has 3 heteroatoms. The molecule has 0 fully saturated rings. The largest absolute Gasteiger partial charge is 0.372 e. The summed E-state index contributed by atoms with van der Waals surface area (Å²) in [7, 11) is 0. The third kappa shape index (κ3) is 5.18. The summed E-state index contributed by atoms with van der Waals surface area (Å²) in [5, 5.41) is 0.00281. The van der Waals surface area contributed by atoms with Crippen LogP contribution >= 0.6 is 27.5 Å². The van der Waals surface area contributed by atoms with E-state index in [9.17, 15) is 0 Å². The number of alkyl halides is 2. The van der Waals surface area contributed by atoms with Crippen LogP contribution in [0.15, 0.2) is 24.3 Å². The number of terminal acetylenes is 1. The van der Waals surface area contributed by atoms with Crippen LogP contribution in [-0.4, -0.2) is 22.4 Å². The van der Waals surface area contributed by atoms with E-state index < -0.39 is 0 Å². The monoisotopic (exact) mass is 330 g/mol. The average Bonchev–Trinajstić information content (AvgIpc) is 2.37. The van der Waals surface area contributed by atoms with Gasteiger partial charge in [0, 0.05) is 4.83 Å². The Bertz CT molecular complexity index is 332. The molecule has 0 aromatic heterocycles. The van der Waals surface area contributed by atoms with E-state index in [4.69, 9.17) is 22.8 Å². The maximum absolute atomic E-state index is 6.37. The lowest BCUT2D eigenvalue weighted by atomic mass is 10.0. The molecule has 0 aromatic carbocycles. The predicted octanol–water partition coefficient (Wildman–Crippen LogP) is 4.45. The second kappa shape index (κ2) is 8.80. The van der Waals surface area contributed by atoms with E-state index in [1.54, 1.807) is 6.08 Å². The maximum atomic E-state index is 6.37. The van der Waals surface area contributed by atoms with Crippen molar-refractivity contribution in [2.45, 2.75) is 55.0 Å². The molecule has 0 bridgehead atoms. The Hall–Kier alpha value is -0.230. The van der Waals surface area contributed by atoms with E-state index in [-0.39, 0.29) is 17.6 Å². The molecule has 1 aliphatic heterocycles. The number of rotatable bonds is 4. The molecule has 4 atom stereocenters. The topological polar surface area (TPSA) is 9.23 Å². The highest BCUT2D eigenvalue weighted by molar-refractivity contribution is 9.09. The molecule has 1 nitrogen and oxygen atoms in total. The van der Waals surface area contributed by atoms with E-state index in [1.807, 2.05) is 6.08 Å². The lowest BCUT2D eigenvalue weighted by molar-refractivity contribution is -0.0122. The first kappa shape index (κ1) is 15.8. The van der Waals surface area contributed by atoms with Crippen LogP contribution in [0.2, 0.25) is 0 Å². The molecule has 1 rings (SSSR count). The minimum Gasteiger partial charge on any atom is -0.372 e. The van der Waals surface area contributed by atoms with Gasteiger partial charge in [0.15, 0.2) is 0 Å². The lowest BCUT2D eigenvalue weighted by Gasteiger charge is -2.30. The zero-order chi connectivity index (χ0) is 13.4. The van der Waals surface area contributed by atoms with E-state index in [1.165, 1.54) is 0 Å². The van der Waals surface area contributed by atoms with Gasteiger partial charge >= 0.3 is 0 Å². The maximum Gasteiger partial charge on any atom is 0.0780 e. The van der Waals surface area contributed by atoms with Crippen LogP contribution in [0.1, 0.15) is 32.6 Å². The lowest BCUT2D eigenvalue weighted by Crippen LogP contribution is -2.34. The van der Waals surface area contributed by atoms with Gasteiger partial charge in [-0.15, -0.1) is 18.0 Å². The van der Waals surface area contributed by atoms with Crippen molar-refractivity contribution in [3.8, 4) is 12.3 Å². The first-order valence-corrected chi connectivity index (χ1v) is 7.74. The van der Waals surface area contributed by atoms with Crippen LogP contribution in [0.5, 0.6) is 0 Å². The molecule has 0 amide bonds. The van der Waals surface area contributed by atoms with Crippen molar-refractivity contribution in [3.05, 3.63) is 24.3 Å². The first-order chi connectivity index (χ1) is 8.69. The molecule has 0 unspecified atom stereocenters. The SMILES string of the molecule is C#C/C=C\C[C@@H]1O[C@H]([C@H](Br)CC)C/C=C\C[C@H]1Cl. The number of allylic oxidation sites excluding steroid dienone is 2. The molecular formula is C15H20BrClO. The summed E-state index contributed by atoms with van der Waals surface area (Å²) in [5.41, 5.74) is 0. The molecule has 0 N–H and O–H groups in total. The molecule has 1 aliphatic rings. The summed E-state index contributed by atoms with van der Waals surface area (Å²) in [6.45, 7) is 2.15. The molecule has 0 saturated carbocycles. The predicted molar refractivity (Wildman–Crippen MR) is 82.3 cm³/mol.